The topological polar surface area (TPSA) is 134 Å². The number of methoxy groups -OCH3 is 1. The summed E-state index contributed by atoms with van der Waals surface area (Å²) < 4.78 is 23.8. The summed E-state index contributed by atoms with van der Waals surface area (Å²) in [4.78, 5) is 50.6. The fourth-order valence-corrected chi connectivity index (χ4v) is 3.43. The number of amides is 5. The van der Waals surface area contributed by atoms with E-state index in [-0.39, 0.29) is 35.1 Å². The van der Waals surface area contributed by atoms with Gasteiger partial charge in [0.2, 0.25) is 0 Å². The van der Waals surface area contributed by atoms with Gasteiger partial charge in [0.15, 0.2) is 18.1 Å². The smallest absolute Gasteiger partial charge is 0.335 e. The highest BCUT2D eigenvalue weighted by Crippen LogP contribution is 2.30. The van der Waals surface area contributed by atoms with Gasteiger partial charge in [0.05, 0.1) is 12.8 Å². The molecule has 0 unspecified atom stereocenters. The van der Waals surface area contributed by atoms with Crippen molar-refractivity contribution in [2.24, 2.45) is 0 Å². The lowest BCUT2D eigenvalue weighted by molar-refractivity contribution is -0.122. The standard InChI is InChI=1S/C26H20FN3O7/c1-36-22-13-15(2-11-21(22)37-14-23(32)28-17-5-3-16(27)4-6-17)12-20-24(33)29-26(35)30(25(20)34)18-7-9-19(31)10-8-18/h2-13,31H,14H2,1H3,(H,28,32)(H,29,33,35)/b20-12-. The molecule has 1 aliphatic rings. The fraction of sp³-hybridized carbons (Fsp3) is 0.0769. The van der Waals surface area contributed by atoms with Crippen molar-refractivity contribution in [3.63, 3.8) is 0 Å². The van der Waals surface area contributed by atoms with Crippen molar-refractivity contribution in [3.05, 3.63) is 83.7 Å². The first kappa shape index (κ1) is 24.9. The van der Waals surface area contributed by atoms with E-state index >= 15 is 0 Å². The van der Waals surface area contributed by atoms with Gasteiger partial charge in [-0.25, -0.2) is 14.1 Å². The summed E-state index contributed by atoms with van der Waals surface area (Å²) >= 11 is 0. The van der Waals surface area contributed by atoms with Gasteiger partial charge in [0.25, 0.3) is 17.7 Å². The molecule has 3 aromatic rings. The third-order valence-corrected chi connectivity index (χ3v) is 5.20. The fourth-order valence-electron chi connectivity index (χ4n) is 3.43. The van der Waals surface area contributed by atoms with Gasteiger partial charge in [-0.05, 0) is 72.3 Å². The van der Waals surface area contributed by atoms with Crippen molar-refractivity contribution in [3.8, 4) is 17.2 Å². The van der Waals surface area contributed by atoms with Gasteiger partial charge in [-0.15, -0.1) is 0 Å². The third kappa shape index (κ3) is 5.73. The molecule has 1 aliphatic heterocycles. The van der Waals surface area contributed by atoms with E-state index in [9.17, 15) is 28.7 Å². The van der Waals surface area contributed by atoms with Crippen LogP contribution >= 0.6 is 0 Å². The Morgan fingerprint density at radius 2 is 1.73 bits per heavy atom. The Hall–Kier alpha value is -5.19. The molecule has 0 aromatic heterocycles. The molecule has 1 heterocycles. The summed E-state index contributed by atoms with van der Waals surface area (Å²) in [5.74, 6) is -2.25. The SMILES string of the molecule is COc1cc(/C=C2/C(=O)NC(=O)N(c3ccc(O)cc3)C2=O)ccc1OCC(=O)Nc1ccc(F)cc1. The van der Waals surface area contributed by atoms with E-state index in [0.29, 0.717) is 11.3 Å². The predicted octanol–water partition coefficient (Wildman–Crippen LogP) is 3.22. The first-order valence-corrected chi connectivity index (χ1v) is 10.8. The van der Waals surface area contributed by atoms with Crippen LogP contribution in [0.15, 0.2) is 72.3 Å². The Morgan fingerprint density at radius 1 is 1.03 bits per heavy atom. The molecule has 1 saturated heterocycles. The number of benzene rings is 3. The van der Waals surface area contributed by atoms with Crippen LogP contribution in [-0.2, 0) is 14.4 Å². The van der Waals surface area contributed by atoms with Crippen molar-refractivity contribution in [1.29, 1.82) is 0 Å². The molecule has 37 heavy (non-hydrogen) atoms. The highest BCUT2D eigenvalue weighted by molar-refractivity contribution is 6.39. The van der Waals surface area contributed by atoms with Crippen LogP contribution in [0.25, 0.3) is 6.08 Å². The third-order valence-electron chi connectivity index (χ3n) is 5.20. The molecule has 1 fully saturated rings. The van der Waals surface area contributed by atoms with E-state index < -0.39 is 29.6 Å². The van der Waals surface area contributed by atoms with E-state index in [1.54, 1.807) is 0 Å². The maximum absolute atomic E-state index is 13.0. The molecule has 0 aliphatic carbocycles. The largest absolute Gasteiger partial charge is 0.508 e. The summed E-state index contributed by atoms with van der Waals surface area (Å²) in [5, 5.41) is 14.1. The normalized spacial score (nSPS) is 14.4. The van der Waals surface area contributed by atoms with E-state index in [1.807, 2.05) is 0 Å². The maximum Gasteiger partial charge on any atom is 0.335 e. The number of aromatic hydroxyl groups is 1. The number of carbonyl (C=O) groups is 4. The predicted molar refractivity (Wildman–Crippen MR) is 131 cm³/mol. The molecule has 0 saturated carbocycles. The summed E-state index contributed by atoms with van der Waals surface area (Å²) in [6.45, 7) is -0.362. The zero-order valence-electron chi connectivity index (χ0n) is 19.4. The second-order valence-corrected chi connectivity index (χ2v) is 7.73. The molecule has 3 N–H and O–H groups in total. The van der Waals surface area contributed by atoms with Crippen molar-refractivity contribution in [2.45, 2.75) is 0 Å². The monoisotopic (exact) mass is 505 g/mol. The second-order valence-electron chi connectivity index (χ2n) is 7.73. The number of rotatable bonds is 7. The van der Waals surface area contributed by atoms with Crippen molar-refractivity contribution in [2.75, 3.05) is 23.9 Å². The first-order valence-electron chi connectivity index (χ1n) is 10.8. The number of carbonyl (C=O) groups excluding carboxylic acids is 4. The summed E-state index contributed by atoms with van der Waals surface area (Å²) in [7, 11) is 1.38. The highest BCUT2D eigenvalue weighted by Gasteiger charge is 2.36. The number of phenols is 1. The number of halogens is 1. The minimum absolute atomic E-state index is 0.0530. The lowest BCUT2D eigenvalue weighted by Gasteiger charge is -2.26. The van der Waals surface area contributed by atoms with E-state index in [0.717, 1.165) is 4.90 Å². The Bertz CT molecular complexity index is 1400. The molecule has 0 bridgehead atoms. The summed E-state index contributed by atoms with van der Waals surface area (Å²) in [5.41, 5.74) is 0.652. The minimum atomic E-state index is -0.918. The Balaban J connectivity index is 1.50. The zero-order chi connectivity index (χ0) is 26.5. The van der Waals surface area contributed by atoms with Gasteiger partial charge in [-0.1, -0.05) is 6.07 Å². The lowest BCUT2D eigenvalue weighted by Crippen LogP contribution is -2.54. The molecule has 0 atom stereocenters. The van der Waals surface area contributed by atoms with Crippen molar-refractivity contribution < 1.29 is 38.1 Å². The molecule has 188 valence electrons. The molecular formula is C26H20FN3O7. The molecule has 5 amide bonds. The van der Waals surface area contributed by atoms with Crippen LogP contribution < -0.4 is 25.0 Å². The van der Waals surface area contributed by atoms with E-state index in [1.165, 1.54) is 79.9 Å². The van der Waals surface area contributed by atoms with Gasteiger partial charge in [-0.2, -0.15) is 0 Å². The first-order chi connectivity index (χ1) is 17.7. The highest BCUT2D eigenvalue weighted by atomic mass is 19.1. The van der Waals surface area contributed by atoms with Crippen LogP contribution in [0.5, 0.6) is 17.2 Å². The number of hydrogen-bond acceptors (Lipinski definition) is 7. The average Bonchev–Trinajstić information content (AvgIpc) is 2.88. The van der Waals surface area contributed by atoms with Crippen LogP contribution in [0.2, 0.25) is 0 Å². The average molecular weight is 505 g/mol. The van der Waals surface area contributed by atoms with Crippen LogP contribution in [-0.4, -0.2) is 42.6 Å². The van der Waals surface area contributed by atoms with E-state index in [4.69, 9.17) is 9.47 Å². The number of urea groups is 1. The quantitative estimate of drug-likeness (QED) is 0.332. The summed E-state index contributed by atoms with van der Waals surface area (Å²) in [6.07, 6.45) is 1.28. The van der Waals surface area contributed by atoms with Gasteiger partial charge < -0.3 is 19.9 Å². The Kier molecular flexibility index (Phi) is 7.14. The number of imide groups is 2. The number of ether oxygens (including phenoxy) is 2. The molecule has 4 rings (SSSR count). The van der Waals surface area contributed by atoms with Crippen molar-refractivity contribution >= 4 is 41.2 Å². The second kappa shape index (κ2) is 10.6. The zero-order valence-corrected chi connectivity index (χ0v) is 19.4. The number of nitrogens with zero attached hydrogens (tertiary/aromatic N) is 1. The molecule has 10 nitrogen and oxygen atoms in total. The van der Waals surface area contributed by atoms with Crippen molar-refractivity contribution in [1.82, 2.24) is 5.32 Å². The van der Waals surface area contributed by atoms with E-state index in [2.05, 4.69) is 10.6 Å². The number of hydrogen-bond donors (Lipinski definition) is 3. The van der Waals surface area contributed by atoms with Crippen LogP contribution in [0.3, 0.4) is 0 Å². The molecule has 3 aromatic carbocycles. The molecule has 0 spiro atoms. The van der Waals surface area contributed by atoms with Gasteiger partial charge in [0.1, 0.15) is 17.1 Å². The number of anilines is 2. The van der Waals surface area contributed by atoms with Gasteiger partial charge >= 0.3 is 6.03 Å². The Labute approximate surface area is 209 Å². The summed E-state index contributed by atoms with van der Waals surface area (Å²) in [6, 6.07) is 14.2. The molecule has 11 heteroatoms. The number of barbiturate groups is 1. The van der Waals surface area contributed by atoms with Crippen LogP contribution in [0, 0.1) is 5.82 Å². The van der Waals surface area contributed by atoms with Gasteiger partial charge in [-0.3, -0.25) is 19.7 Å². The Morgan fingerprint density at radius 3 is 2.41 bits per heavy atom. The number of phenolic OH excluding ortho intramolecular Hbond substituents is 1. The molecule has 0 radical (unpaired) electrons. The molecular weight excluding hydrogens is 485 g/mol. The minimum Gasteiger partial charge on any atom is -0.508 e. The number of nitrogens with one attached hydrogen (secondary N) is 2. The lowest BCUT2D eigenvalue weighted by atomic mass is 10.1. The van der Waals surface area contributed by atoms with Gasteiger partial charge in [0, 0.05) is 5.69 Å². The maximum atomic E-state index is 13.0. The van der Waals surface area contributed by atoms with Crippen LogP contribution in [0.4, 0.5) is 20.6 Å². The van der Waals surface area contributed by atoms with Crippen LogP contribution in [0.1, 0.15) is 5.56 Å².